The zero-order chi connectivity index (χ0) is 21.9. The standard InChI is InChI=1S/C21H25N3O5S/c1-15(25)24-11-5-6-16-12-19(9-10-20(16)24)30(27,28)23(2)14-21(26)22-17-7-4-8-18(13-17)29-3/h4,7-10,12-13H,5-6,11,14H2,1-3H3,(H,22,26). The number of rotatable bonds is 6. The van der Waals surface area contributed by atoms with Crippen LogP contribution < -0.4 is 15.0 Å². The molecule has 160 valence electrons. The number of carbonyl (C=O) groups excluding carboxylic acids is 2. The summed E-state index contributed by atoms with van der Waals surface area (Å²) < 4.78 is 32.1. The second-order valence-electron chi connectivity index (χ2n) is 7.11. The Morgan fingerprint density at radius 3 is 2.67 bits per heavy atom. The highest BCUT2D eigenvalue weighted by atomic mass is 32.2. The van der Waals surface area contributed by atoms with Crippen LogP contribution in [0.3, 0.4) is 0 Å². The predicted octanol–water partition coefficient (Wildman–Crippen LogP) is 2.25. The van der Waals surface area contributed by atoms with Crippen LogP contribution in [0.5, 0.6) is 5.75 Å². The Morgan fingerprint density at radius 2 is 1.97 bits per heavy atom. The molecule has 2 amide bonds. The summed E-state index contributed by atoms with van der Waals surface area (Å²) in [5.74, 6) is 0.0513. The number of ether oxygens (including phenoxy) is 1. The van der Waals surface area contributed by atoms with Crippen molar-refractivity contribution in [3.8, 4) is 5.75 Å². The average Bonchev–Trinajstić information content (AvgIpc) is 2.72. The van der Waals surface area contributed by atoms with Crippen LogP contribution in [0.1, 0.15) is 18.9 Å². The lowest BCUT2D eigenvalue weighted by Gasteiger charge is -2.29. The molecule has 0 unspecified atom stereocenters. The summed E-state index contributed by atoms with van der Waals surface area (Å²) in [6, 6.07) is 11.5. The SMILES string of the molecule is COc1cccc(NC(=O)CN(C)S(=O)(=O)c2ccc3c(c2)CCCN3C(C)=O)c1. The number of amides is 2. The van der Waals surface area contributed by atoms with Crippen LogP contribution in [-0.2, 0) is 26.0 Å². The van der Waals surface area contributed by atoms with Gasteiger partial charge in [0.15, 0.2) is 0 Å². The molecule has 1 aliphatic heterocycles. The maximum Gasteiger partial charge on any atom is 0.243 e. The highest BCUT2D eigenvalue weighted by Gasteiger charge is 2.26. The van der Waals surface area contributed by atoms with Crippen molar-refractivity contribution in [3.63, 3.8) is 0 Å². The van der Waals surface area contributed by atoms with Gasteiger partial charge in [-0.2, -0.15) is 4.31 Å². The van der Waals surface area contributed by atoms with Gasteiger partial charge in [-0.25, -0.2) is 8.42 Å². The highest BCUT2D eigenvalue weighted by molar-refractivity contribution is 7.89. The second-order valence-corrected chi connectivity index (χ2v) is 9.15. The Balaban J connectivity index is 1.74. The van der Waals surface area contributed by atoms with Gasteiger partial charge in [0.2, 0.25) is 21.8 Å². The van der Waals surface area contributed by atoms with E-state index >= 15 is 0 Å². The van der Waals surface area contributed by atoms with E-state index in [2.05, 4.69) is 5.32 Å². The predicted molar refractivity (Wildman–Crippen MR) is 114 cm³/mol. The van der Waals surface area contributed by atoms with E-state index in [0.29, 0.717) is 24.4 Å². The van der Waals surface area contributed by atoms with Gasteiger partial charge in [-0.05, 0) is 48.7 Å². The summed E-state index contributed by atoms with van der Waals surface area (Å²) >= 11 is 0. The van der Waals surface area contributed by atoms with Crippen molar-refractivity contribution < 1.29 is 22.7 Å². The minimum atomic E-state index is -3.87. The Kier molecular flexibility index (Phi) is 6.42. The van der Waals surface area contributed by atoms with Crippen LogP contribution in [0.2, 0.25) is 0 Å². The number of carbonyl (C=O) groups is 2. The van der Waals surface area contributed by atoms with Gasteiger partial charge in [0.25, 0.3) is 0 Å². The van der Waals surface area contributed by atoms with Gasteiger partial charge >= 0.3 is 0 Å². The van der Waals surface area contributed by atoms with Gasteiger partial charge in [-0.3, -0.25) is 9.59 Å². The van der Waals surface area contributed by atoms with Crippen LogP contribution in [0.25, 0.3) is 0 Å². The molecule has 2 aromatic rings. The normalized spacial score (nSPS) is 13.7. The third-order valence-electron chi connectivity index (χ3n) is 4.98. The monoisotopic (exact) mass is 431 g/mol. The van der Waals surface area contributed by atoms with Crippen molar-refractivity contribution in [2.75, 3.05) is 37.5 Å². The number of nitrogens with zero attached hydrogens (tertiary/aromatic N) is 2. The minimum absolute atomic E-state index is 0.0714. The molecule has 0 bridgehead atoms. The summed E-state index contributed by atoms with van der Waals surface area (Å²) in [6.07, 6.45) is 1.47. The molecule has 2 aromatic carbocycles. The van der Waals surface area contributed by atoms with E-state index in [1.54, 1.807) is 41.3 Å². The van der Waals surface area contributed by atoms with Gasteiger partial charge in [0.05, 0.1) is 18.6 Å². The average molecular weight is 432 g/mol. The lowest BCUT2D eigenvalue weighted by Crippen LogP contribution is -2.36. The molecule has 8 nitrogen and oxygen atoms in total. The highest BCUT2D eigenvalue weighted by Crippen LogP contribution is 2.30. The molecule has 0 radical (unpaired) electrons. The van der Waals surface area contributed by atoms with Gasteiger partial charge in [0, 0.05) is 38.0 Å². The van der Waals surface area contributed by atoms with Gasteiger partial charge in [-0.1, -0.05) is 6.07 Å². The maximum atomic E-state index is 13.0. The van der Waals surface area contributed by atoms with E-state index in [1.165, 1.54) is 27.1 Å². The fraction of sp³-hybridized carbons (Fsp3) is 0.333. The van der Waals surface area contributed by atoms with Crippen molar-refractivity contribution >= 4 is 33.2 Å². The molecule has 9 heteroatoms. The molecule has 0 atom stereocenters. The number of hydrogen-bond acceptors (Lipinski definition) is 5. The second kappa shape index (κ2) is 8.85. The summed E-state index contributed by atoms with van der Waals surface area (Å²) in [7, 11) is -0.980. The number of likely N-dealkylation sites (N-methyl/N-ethyl adjacent to an activating group) is 1. The number of aryl methyl sites for hydroxylation is 1. The third kappa shape index (κ3) is 4.63. The largest absolute Gasteiger partial charge is 0.497 e. The minimum Gasteiger partial charge on any atom is -0.497 e. The zero-order valence-electron chi connectivity index (χ0n) is 17.2. The molecular weight excluding hydrogens is 406 g/mol. The van der Waals surface area contributed by atoms with E-state index in [0.717, 1.165) is 22.0 Å². The van der Waals surface area contributed by atoms with Crippen LogP contribution in [0.4, 0.5) is 11.4 Å². The topological polar surface area (TPSA) is 96.0 Å². The molecule has 0 fully saturated rings. The van der Waals surface area contributed by atoms with Gasteiger partial charge in [-0.15, -0.1) is 0 Å². The molecule has 0 aliphatic carbocycles. The first kappa shape index (κ1) is 21.8. The van der Waals surface area contributed by atoms with E-state index in [4.69, 9.17) is 4.74 Å². The summed E-state index contributed by atoms with van der Waals surface area (Å²) in [6.45, 7) is 1.78. The quantitative estimate of drug-likeness (QED) is 0.757. The number of sulfonamides is 1. The van der Waals surface area contributed by atoms with Gasteiger partial charge in [0.1, 0.15) is 5.75 Å². The smallest absolute Gasteiger partial charge is 0.243 e. The first-order valence-corrected chi connectivity index (χ1v) is 11.0. The Morgan fingerprint density at radius 1 is 1.20 bits per heavy atom. The molecule has 1 N–H and O–H groups in total. The lowest BCUT2D eigenvalue weighted by molar-refractivity contribution is -0.117. The van der Waals surface area contributed by atoms with Crippen molar-refractivity contribution in [1.29, 1.82) is 0 Å². The van der Waals surface area contributed by atoms with Crippen LogP contribution >= 0.6 is 0 Å². The summed E-state index contributed by atoms with van der Waals surface area (Å²) in [4.78, 5) is 25.9. The van der Waals surface area contributed by atoms with Gasteiger partial charge < -0.3 is 15.0 Å². The molecule has 1 heterocycles. The first-order chi connectivity index (χ1) is 14.2. The maximum absolute atomic E-state index is 13.0. The number of nitrogens with one attached hydrogen (secondary N) is 1. The third-order valence-corrected chi connectivity index (χ3v) is 6.78. The van der Waals surface area contributed by atoms with Crippen LogP contribution in [-0.4, -0.2) is 51.8 Å². The summed E-state index contributed by atoms with van der Waals surface area (Å²) in [5, 5.41) is 2.67. The Hall–Kier alpha value is -2.91. The molecule has 0 spiro atoms. The van der Waals surface area contributed by atoms with Crippen molar-refractivity contribution in [1.82, 2.24) is 4.31 Å². The van der Waals surface area contributed by atoms with Crippen LogP contribution in [0.15, 0.2) is 47.4 Å². The fourth-order valence-electron chi connectivity index (χ4n) is 3.43. The van der Waals surface area contributed by atoms with Crippen molar-refractivity contribution in [2.45, 2.75) is 24.7 Å². The van der Waals surface area contributed by atoms with E-state index in [1.807, 2.05) is 0 Å². The Bertz CT molecular complexity index is 1070. The molecule has 0 aromatic heterocycles. The first-order valence-electron chi connectivity index (χ1n) is 9.53. The van der Waals surface area contributed by atoms with E-state index < -0.39 is 15.9 Å². The summed E-state index contributed by atoms with van der Waals surface area (Å²) in [5.41, 5.74) is 2.07. The fourth-order valence-corrected chi connectivity index (χ4v) is 4.61. The molecule has 1 aliphatic rings. The molecule has 0 saturated carbocycles. The molecule has 30 heavy (non-hydrogen) atoms. The molecule has 0 saturated heterocycles. The van der Waals surface area contributed by atoms with Crippen molar-refractivity contribution in [2.24, 2.45) is 0 Å². The Labute approximate surface area is 176 Å². The number of fused-ring (bicyclic) bond motifs is 1. The molecule has 3 rings (SSSR count). The number of benzene rings is 2. The zero-order valence-corrected chi connectivity index (χ0v) is 18.0. The number of methoxy groups -OCH3 is 1. The molecular formula is C21H25N3O5S. The van der Waals surface area contributed by atoms with Crippen molar-refractivity contribution in [3.05, 3.63) is 48.0 Å². The van der Waals surface area contributed by atoms with E-state index in [9.17, 15) is 18.0 Å². The van der Waals surface area contributed by atoms with E-state index in [-0.39, 0.29) is 17.3 Å². The van der Waals surface area contributed by atoms with Crippen LogP contribution in [0, 0.1) is 0 Å². The number of hydrogen-bond donors (Lipinski definition) is 1. The lowest BCUT2D eigenvalue weighted by atomic mass is 10.0. The number of anilines is 2.